The number of hydrazone groups is 1. The van der Waals surface area contributed by atoms with E-state index in [9.17, 15) is 9.59 Å². The summed E-state index contributed by atoms with van der Waals surface area (Å²) in [6, 6.07) is 12.3. The molecule has 0 aliphatic rings. The number of benzene rings is 2. The summed E-state index contributed by atoms with van der Waals surface area (Å²) >= 11 is 0. The first kappa shape index (κ1) is 19.2. The monoisotopic (exact) mass is 353 g/mol. The standard InChI is InChI=1S/C20H23N3O3/c1-13(2)19(24)22-17-8-6-16(7-9-17)20(25)23-21-12-15-5-10-18(26-4)14(3)11-15/h5-13H,1-4H3,(H,22,24)(H,23,25). The van der Waals surface area contributed by atoms with Crippen molar-refractivity contribution in [2.24, 2.45) is 11.0 Å². The average Bonchev–Trinajstić information content (AvgIpc) is 2.62. The van der Waals surface area contributed by atoms with Crippen LogP contribution in [-0.2, 0) is 4.79 Å². The highest BCUT2D eigenvalue weighted by molar-refractivity contribution is 5.96. The summed E-state index contributed by atoms with van der Waals surface area (Å²) in [5.74, 6) is 0.305. The molecular weight excluding hydrogens is 330 g/mol. The molecule has 0 aliphatic carbocycles. The zero-order valence-corrected chi connectivity index (χ0v) is 15.4. The molecule has 0 saturated heterocycles. The fourth-order valence-electron chi connectivity index (χ4n) is 2.20. The number of methoxy groups -OCH3 is 1. The Bertz CT molecular complexity index is 812. The van der Waals surface area contributed by atoms with E-state index in [1.165, 1.54) is 0 Å². The van der Waals surface area contributed by atoms with Gasteiger partial charge in [0.2, 0.25) is 5.91 Å². The Labute approximate surface area is 153 Å². The quantitative estimate of drug-likeness (QED) is 0.617. The molecule has 0 heterocycles. The van der Waals surface area contributed by atoms with Crippen LogP contribution in [0.5, 0.6) is 5.75 Å². The molecule has 0 aromatic heterocycles. The van der Waals surface area contributed by atoms with Crippen molar-refractivity contribution in [1.82, 2.24) is 5.43 Å². The highest BCUT2D eigenvalue weighted by Gasteiger charge is 2.08. The van der Waals surface area contributed by atoms with Crippen LogP contribution >= 0.6 is 0 Å². The lowest BCUT2D eigenvalue weighted by Gasteiger charge is -2.08. The van der Waals surface area contributed by atoms with E-state index in [1.54, 1.807) is 37.6 Å². The van der Waals surface area contributed by atoms with Crippen molar-refractivity contribution < 1.29 is 14.3 Å². The van der Waals surface area contributed by atoms with Gasteiger partial charge in [0.25, 0.3) is 5.91 Å². The van der Waals surface area contributed by atoms with Crippen LogP contribution in [0.25, 0.3) is 0 Å². The van der Waals surface area contributed by atoms with Crippen molar-refractivity contribution in [2.45, 2.75) is 20.8 Å². The molecule has 2 amide bonds. The highest BCUT2D eigenvalue weighted by atomic mass is 16.5. The van der Waals surface area contributed by atoms with Crippen molar-refractivity contribution in [2.75, 3.05) is 12.4 Å². The Kier molecular flexibility index (Phi) is 6.49. The third-order valence-electron chi connectivity index (χ3n) is 3.74. The fourth-order valence-corrected chi connectivity index (χ4v) is 2.20. The minimum absolute atomic E-state index is 0.0680. The first-order valence-electron chi connectivity index (χ1n) is 8.29. The molecule has 2 N–H and O–H groups in total. The van der Waals surface area contributed by atoms with Crippen molar-refractivity contribution in [3.8, 4) is 5.75 Å². The molecule has 6 nitrogen and oxygen atoms in total. The number of rotatable bonds is 6. The van der Waals surface area contributed by atoms with Crippen molar-refractivity contribution in [3.63, 3.8) is 0 Å². The van der Waals surface area contributed by atoms with E-state index in [1.807, 2.05) is 39.0 Å². The number of hydrogen-bond acceptors (Lipinski definition) is 4. The van der Waals surface area contributed by atoms with E-state index in [4.69, 9.17) is 4.74 Å². The number of nitrogens with one attached hydrogen (secondary N) is 2. The second-order valence-electron chi connectivity index (χ2n) is 6.15. The molecule has 6 heteroatoms. The van der Waals surface area contributed by atoms with Crippen LogP contribution in [0.15, 0.2) is 47.6 Å². The zero-order chi connectivity index (χ0) is 19.1. The first-order chi connectivity index (χ1) is 12.4. The lowest BCUT2D eigenvalue weighted by atomic mass is 10.1. The van der Waals surface area contributed by atoms with Crippen LogP contribution in [0, 0.1) is 12.8 Å². The average molecular weight is 353 g/mol. The van der Waals surface area contributed by atoms with E-state index in [2.05, 4.69) is 15.8 Å². The van der Waals surface area contributed by atoms with E-state index in [-0.39, 0.29) is 17.7 Å². The van der Waals surface area contributed by atoms with Gasteiger partial charge in [-0.15, -0.1) is 0 Å². The zero-order valence-electron chi connectivity index (χ0n) is 15.4. The number of anilines is 1. The Hall–Kier alpha value is -3.15. The molecule has 2 rings (SSSR count). The van der Waals surface area contributed by atoms with Gasteiger partial charge in [0.1, 0.15) is 5.75 Å². The van der Waals surface area contributed by atoms with Gasteiger partial charge < -0.3 is 10.1 Å². The second kappa shape index (κ2) is 8.80. The molecule has 0 aliphatic heterocycles. The number of nitrogens with zero attached hydrogens (tertiary/aromatic N) is 1. The van der Waals surface area contributed by atoms with Crippen LogP contribution in [0.4, 0.5) is 5.69 Å². The van der Waals surface area contributed by atoms with Crippen LogP contribution < -0.4 is 15.5 Å². The summed E-state index contributed by atoms with van der Waals surface area (Å²) in [5, 5.41) is 6.75. The molecule has 0 spiro atoms. The van der Waals surface area contributed by atoms with E-state index in [0.29, 0.717) is 11.3 Å². The summed E-state index contributed by atoms with van der Waals surface area (Å²) in [5.41, 5.74) is 5.44. The number of carbonyl (C=O) groups is 2. The van der Waals surface area contributed by atoms with Gasteiger partial charge in [-0.1, -0.05) is 13.8 Å². The van der Waals surface area contributed by atoms with Gasteiger partial charge in [-0.3, -0.25) is 9.59 Å². The van der Waals surface area contributed by atoms with Crippen molar-refractivity contribution in [1.29, 1.82) is 0 Å². The van der Waals surface area contributed by atoms with E-state index < -0.39 is 0 Å². The molecule has 0 bridgehead atoms. The van der Waals surface area contributed by atoms with Crippen molar-refractivity contribution >= 4 is 23.7 Å². The SMILES string of the molecule is COc1ccc(C=NNC(=O)c2ccc(NC(=O)C(C)C)cc2)cc1C. The highest BCUT2D eigenvalue weighted by Crippen LogP contribution is 2.17. The Morgan fingerprint density at radius 2 is 1.81 bits per heavy atom. The van der Waals surface area contributed by atoms with Gasteiger partial charge in [-0.25, -0.2) is 5.43 Å². The maximum atomic E-state index is 12.1. The lowest BCUT2D eigenvalue weighted by Crippen LogP contribution is -2.19. The maximum absolute atomic E-state index is 12.1. The summed E-state index contributed by atoms with van der Waals surface area (Å²) in [4.78, 5) is 23.8. The van der Waals surface area contributed by atoms with E-state index in [0.717, 1.165) is 16.9 Å². The second-order valence-corrected chi connectivity index (χ2v) is 6.15. The Morgan fingerprint density at radius 3 is 2.38 bits per heavy atom. The third-order valence-corrected chi connectivity index (χ3v) is 3.74. The first-order valence-corrected chi connectivity index (χ1v) is 8.29. The van der Waals surface area contributed by atoms with Crippen LogP contribution in [0.3, 0.4) is 0 Å². The molecule has 26 heavy (non-hydrogen) atoms. The predicted octanol–water partition coefficient (Wildman–Crippen LogP) is 3.36. The number of carbonyl (C=O) groups excluding carboxylic acids is 2. The maximum Gasteiger partial charge on any atom is 0.271 e. The molecular formula is C20H23N3O3. The topological polar surface area (TPSA) is 79.8 Å². The molecule has 136 valence electrons. The van der Waals surface area contributed by atoms with Gasteiger partial charge in [0, 0.05) is 17.2 Å². The largest absolute Gasteiger partial charge is 0.496 e. The molecule has 0 unspecified atom stereocenters. The van der Waals surface area contributed by atoms with Gasteiger partial charge >= 0.3 is 0 Å². The van der Waals surface area contributed by atoms with Crippen LogP contribution in [0.1, 0.15) is 35.3 Å². The van der Waals surface area contributed by atoms with Gasteiger partial charge in [-0.2, -0.15) is 5.10 Å². The fraction of sp³-hybridized carbons (Fsp3) is 0.250. The molecule has 0 saturated carbocycles. The molecule has 0 atom stereocenters. The number of aryl methyl sites for hydroxylation is 1. The van der Waals surface area contributed by atoms with E-state index >= 15 is 0 Å². The molecule has 0 fully saturated rings. The number of ether oxygens (including phenoxy) is 1. The summed E-state index contributed by atoms with van der Waals surface area (Å²) in [6.45, 7) is 5.58. The predicted molar refractivity (Wildman–Crippen MR) is 103 cm³/mol. The summed E-state index contributed by atoms with van der Waals surface area (Å²) in [6.07, 6.45) is 1.57. The number of amides is 2. The molecule has 2 aromatic rings. The summed E-state index contributed by atoms with van der Waals surface area (Å²) < 4.78 is 5.21. The van der Waals surface area contributed by atoms with Gasteiger partial charge in [0.15, 0.2) is 0 Å². The lowest BCUT2D eigenvalue weighted by molar-refractivity contribution is -0.118. The minimum atomic E-state index is -0.326. The van der Waals surface area contributed by atoms with Crippen LogP contribution in [0.2, 0.25) is 0 Å². The van der Waals surface area contributed by atoms with Crippen molar-refractivity contribution in [3.05, 3.63) is 59.2 Å². The minimum Gasteiger partial charge on any atom is -0.496 e. The molecule has 0 radical (unpaired) electrons. The van der Waals surface area contributed by atoms with Gasteiger partial charge in [-0.05, 0) is 60.5 Å². The number of hydrogen-bond donors (Lipinski definition) is 2. The molecule has 2 aromatic carbocycles. The third kappa shape index (κ3) is 5.17. The van der Waals surface area contributed by atoms with Crippen LogP contribution in [-0.4, -0.2) is 25.1 Å². The Balaban J connectivity index is 1.95. The smallest absolute Gasteiger partial charge is 0.271 e. The Morgan fingerprint density at radius 1 is 1.12 bits per heavy atom. The van der Waals surface area contributed by atoms with Gasteiger partial charge in [0.05, 0.1) is 13.3 Å². The summed E-state index contributed by atoms with van der Waals surface area (Å²) in [7, 11) is 1.62. The normalized spacial score (nSPS) is 10.8.